The third-order valence-corrected chi connectivity index (χ3v) is 5.23. The number of carboxylic acid groups (broad SMARTS) is 1. The van der Waals surface area contributed by atoms with E-state index in [1.54, 1.807) is 0 Å². The molecule has 0 aliphatic carbocycles. The summed E-state index contributed by atoms with van der Waals surface area (Å²) in [6, 6.07) is 7.38. The Bertz CT molecular complexity index is 1210. The van der Waals surface area contributed by atoms with Crippen LogP contribution in [0.15, 0.2) is 48.8 Å². The predicted octanol–water partition coefficient (Wildman–Crippen LogP) is 4.14. The summed E-state index contributed by atoms with van der Waals surface area (Å²) in [5, 5.41) is 18.1. The molecular formula is C22H17F4N3O4. The van der Waals surface area contributed by atoms with E-state index in [4.69, 9.17) is 15.1 Å². The van der Waals surface area contributed by atoms with Crippen molar-refractivity contribution < 1.29 is 37.0 Å². The Labute approximate surface area is 185 Å². The Hall–Kier alpha value is -3.91. The zero-order chi connectivity index (χ0) is 24.7. The number of alkyl halides is 3. The molecule has 0 aromatic heterocycles. The van der Waals surface area contributed by atoms with Crippen LogP contribution in [-0.4, -0.2) is 36.2 Å². The van der Waals surface area contributed by atoms with Crippen LogP contribution in [0.5, 0.6) is 0 Å². The van der Waals surface area contributed by atoms with Gasteiger partial charge in [-0.3, -0.25) is 9.69 Å². The van der Waals surface area contributed by atoms with Crippen molar-refractivity contribution in [1.82, 2.24) is 0 Å². The van der Waals surface area contributed by atoms with E-state index in [1.165, 1.54) is 37.1 Å². The van der Waals surface area contributed by atoms with Crippen LogP contribution in [0.1, 0.15) is 28.4 Å². The molecule has 1 fully saturated rings. The number of carbonyl (C=O) groups excluding carboxylic acids is 1. The Kier molecular flexibility index (Phi) is 5.91. The lowest BCUT2D eigenvalue weighted by molar-refractivity contribution is -0.137. The third-order valence-electron chi connectivity index (χ3n) is 5.23. The summed E-state index contributed by atoms with van der Waals surface area (Å²) in [6.45, 7) is 5.00. The van der Waals surface area contributed by atoms with E-state index in [0.717, 1.165) is 23.1 Å². The summed E-state index contributed by atoms with van der Waals surface area (Å²) < 4.78 is 59.9. The van der Waals surface area contributed by atoms with Gasteiger partial charge in [0, 0.05) is 12.8 Å². The van der Waals surface area contributed by atoms with E-state index in [-0.39, 0.29) is 23.8 Å². The lowest BCUT2D eigenvalue weighted by atomic mass is 10.00. The van der Waals surface area contributed by atoms with E-state index in [0.29, 0.717) is 6.07 Å². The number of carbonyl (C=O) groups is 2. The van der Waals surface area contributed by atoms with Gasteiger partial charge in [-0.15, -0.1) is 0 Å². The van der Waals surface area contributed by atoms with Crippen LogP contribution in [0.3, 0.4) is 0 Å². The lowest BCUT2D eigenvalue weighted by Gasteiger charge is -2.33. The number of halogens is 4. The SMILES string of the molecule is C=C1N(c2ccc(C#N)c(C(F)(F)F)c2)C(=O)[C@@](C)(COC)N1c1ccc(C(=O)O)c(F)c1. The highest BCUT2D eigenvalue weighted by atomic mass is 19.4. The normalized spacial score (nSPS) is 18.6. The fourth-order valence-electron chi connectivity index (χ4n) is 3.77. The summed E-state index contributed by atoms with van der Waals surface area (Å²) in [7, 11) is 1.31. The average molecular weight is 463 g/mol. The van der Waals surface area contributed by atoms with Gasteiger partial charge in [-0.25, -0.2) is 9.18 Å². The summed E-state index contributed by atoms with van der Waals surface area (Å²) in [4.78, 5) is 26.7. The molecule has 0 spiro atoms. The van der Waals surface area contributed by atoms with Crippen molar-refractivity contribution in [2.45, 2.75) is 18.6 Å². The first kappa shape index (κ1) is 23.7. The molecule has 172 valence electrons. The number of hydrogen-bond acceptors (Lipinski definition) is 5. The van der Waals surface area contributed by atoms with Gasteiger partial charge in [0.25, 0.3) is 5.91 Å². The third kappa shape index (κ3) is 3.89. The van der Waals surface area contributed by atoms with Gasteiger partial charge < -0.3 is 14.7 Å². The van der Waals surface area contributed by atoms with Crippen molar-refractivity contribution in [3.8, 4) is 6.07 Å². The summed E-state index contributed by atoms with van der Waals surface area (Å²) in [6.07, 6.45) is -4.85. The number of ether oxygens (including phenoxy) is 1. The van der Waals surface area contributed by atoms with Gasteiger partial charge in [0.05, 0.1) is 35.1 Å². The first-order valence-electron chi connectivity index (χ1n) is 9.33. The minimum absolute atomic E-state index is 0.0441. The summed E-state index contributed by atoms with van der Waals surface area (Å²) in [5.41, 5.74) is -4.15. The molecule has 33 heavy (non-hydrogen) atoms. The Balaban J connectivity index is 2.17. The zero-order valence-corrected chi connectivity index (χ0v) is 17.4. The Morgan fingerprint density at radius 2 is 1.88 bits per heavy atom. The van der Waals surface area contributed by atoms with Crippen LogP contribution < -0.4 is 9.80 Å². The maximum atomic E-state index is 14.4. The minimum atomic E-state index is -4.85. The van der Waals surface area contributed by atoms with Crippen LogP contribution in [0, 0.1) is 17.1 Å². The topological polar surface area (TPSA) is 93.9 Å². The van der Waals surface area contributed by atoms with Gasteiger partial charge in [-0.2, -0.15) is 18.4 Å². The first-order chi connectivity index (χ1) is 15.4. The molecular weight excluding hydrogens is 446 g/mol. The average Bonchev–Trinajstić information content (AvgIpc) is 2.92. The van der Waals surface area contributed by atoms with Gasteiger partial charge in [-0.05, 0) is 43.3 Å². The molecule has 0 unspecified atom stereocenters. The molecule has 1 heterocycles. The van der Waals surface area contributed by atoms with Crippen molar-refractivity contribution in [3.63, 3.8) is 0 Å². The van der Waals surface area contributed by atoms with Crippen LogP contribution in [0.2, 0.25) is 0 Å². The smallest absolute Gasteiger partial charge is 0.417 e. The van der Waals surface area contributed by atoms with Crippen molar-refractivity contribution in [2.75, 3.05) is 23.5 Å². The van der Waals surface area contributed by atoms with E-state index in [1.807, 2.05) is 0 Å². The van der Waals surface area contributed by atoms with Crippen molar-refractivity contribution in [1.29, 1.82) is 5.26 Å². The van der Waals surface area contributed by atoms with Gasteiger partial charge in [-0.1, -0.05) is 6.58 Å². The maximum absolute atomic E-state index is 14.4. The first-order valence-corrected chi connectivity index (χ1v) is 9.33. The monoisotopic (exact) mass is 463 g/mol. The predicted molar refractivity (Wildman–Crippen MR) is 109 cm³/mol. The van der Waals surface area contributed by atoms with E-state index in [2.05, 4.69) is 6.58 Å². The molecule has 1 saturated heterocycles. The lowest BCUT2D eigenvalue weighted by Crippen LogP contribution is -2.50. The number of amides is 1. The van der Waals surface area contributed by atoms with E-state index in [9.17, 15) is 27.2 Å². The molecule has 1 N–H and O–H groups in total. The number of aromatic carboxylic acids is 1. The fraction of sp³-hybridized carbons (Fsp3) is 0.227. The molecule has 2 aromatic rings. The van der Waals surface area contributed by atoms with Crippen LogP contribution >= 0.6 is 0 Å². The van der Waals surface area contributed by atoms with Crippen LogP contribution in [-0.2, 0) is 15.7 Å². The standard InChI is InChI=1S/C22H17F4N3O4/c1-12-28(14-5-4-13(10-27)17(8-14)22(24,25)26)20(32)21(2,11-33-3)29(12)15-6-7-16(19(30)31)18(23)9-15/h4-9H,1,11H2,2-3H3,(H,30,31)/t21-/m1/s1. The Morgan fingerprint density at radius 1 is 1.24 bits per heavy atom. The molecule has 2 aromatic carbocycles. The molecule has 3 rings (SSSR count). The number of nitriles is 1. The van der Waals surface area contributed by atoms with Crippen LogP contribution in [0.4, 0.5) is 28.9 Å². The fourth-order valence-corrected chi connectivity index (χ4v) is 3.77. The molecule has 7 nitrogen and oxygen atoms in total. The minimum Gasteiger partial charge on any atom is -0.478 e. The van der Waals surface area contributed by atoms with Gasteiger partial charge in [0.15, 0.2) is 0 Å². The van der Waals surface area contributed by atoms with Crippen molar-refractivity contribution >= 4 is 23.3 Å². The summed E-state index contributed by atoms with van der Waals surface area (Å²) in [5.74, 6) is -3.39. The molecule has 1 aliphatic heterocycles. The number of anilines is 2. The van der Waals surface area contributed by atoms with Crippen LogP contribution in [0.25, 0.3) is 0 Å². The van der Waals surface area contributed by atoms with Crippen molar-refractivity contribution in [2.24, 2.45) is 0 Å². The van der Waals surface area contributed by atoms with Gasteiger partial charge in [0.1, 0.15) is 17.2 Å². The highest BCUT2D eigenvalue weighted by Crippen LogP contribution is 2.43. The second-order valence-corrected chi connectivity index (χ2v) is 7.41. The highest BCUT2D eigenvalue weighted by Gasteiger charge is 2.53. The largest absolute Gasteiger partial charge is 0.478 e. The van der Waals surface area contributed by atoms with E-state index >= 15 is 0 Å². The number of carboxylic acids is 1. The number of rotatable bonds is 5. The van der Waals surface area contributed by atoms with E-state index < -0.39 is 46.1 Å². The zero-order valence-electron chi connectivity index (χ0n) is 17.4. The molecule has 0 radical (unpaired) electrons. The molecule has 0 saturated carbocycles. The second kappa shape index (κ2) is 8.22. The molecule has 0 bridgehead atoms. The quantitative estimate of drug-likeness (QED) is 0.670. The van der Waals surface area contributed by atoms with Crippen molar-refractivity contribution in [3.05, 3.63) is 71.3 Å². The number of hydrogen-bond donors (Lipinski definition) is 1. The molecule has 1 amide bonds. The number of nitrogens with zero attached hydrogens (tertiary/aromatic N) is 3. The second-order valence-electron chi connectivity index (χ2n) is 7.41. The maximum Gasteiger partial charge on any atom is 0.417 e. The van der Waals surface area contributed by atoms with Gasteiger partial charge >= 0.3 is 12.1 Å². The number of methoxy groups -OCH3 is 1. The summed E-state index contributed by atoms with van der Waals surface area (Å²) >= 11 is 0. The Morgan fingerprint density at radius 3 is 2.39 bits per heavy atom. The molecule has 1 atom stereocenters. The molecule has 1 aliphatic rings. The highest BCUT2D eigenvalue weighted by molar-refractivity contribution is 6.10. The van der Waals surface area contributed by atoms with Gasteiger partial charge in [0.2, 0.25) is 0 Å². The number of benzene rings is 2. The molecule has 11 heteroatoms.